The monoisotopic (exact) mass is 641 g/mol. The van der Waals surface area contributed by atoms with Crippen LogP contribution in [0, 0.1) is 6.92 Å². The Balaban J connectivity index is 1.29. The maximum Gasteiger partial charge on any atom is 0.363 e. The van der Waals surface area contributed by atoms with E-state index in [0.717, 1.165) is 25.7 Å². The van der Waals surface area contributed by atoms with Crippen molar-refractivity contribution in [1.82, 2.24) is 0 Å². The van der Waals surface area contributed by atoms with Crippen LogP contribution >= 0.6 is 57.5 Å². The number of thiophene rings is 2. The number of aliphatic imine (C=N–C) groups is 1. The molecule has 3 aromatic carbocycles. The zero-order valence-electron chi connectivity index (χ0n) is 21.4. The van der Waals surface area contributed by atoms with Crippen molar-refractivity contribution < 1.29 is 23.8 Å². The Morgan fingerprint density at radius 3 is 2.51 bits per heavy atom. The molecule has 0 bridgehead atoms. The van der Waals surface area contributed by atoms with Gasteiger partial charge in [0.15, 0.2) is 17.2 Å². The largest absolute Gasteiger partial charge is 0.490 e. The van der Waals surface area contributed by atoms with E-state index in [1.165, 1.54) is 22.7 Å². The first-order valence-corrected chi connectivity index (χ1v) is 15.1. The van der Waals surface area contributed by atoms with Crippen molar-refractivity contribution in [2.45, 2.75) is 13.8 Å². The predicted molar refractivity (Wildman–Crippen MR) is 167 cm³/mol. The SMILES string of the molecule is CCOc1cc(/C=C2/N=C(c3sc4cc(C)ccc4c3Cl)OC2=O)ccc1OC(=O)c1sc2cc(Cl)ccc2c1Cl. The number of carbonyl (C=O) groups is 2. The molecule has 1 aliphatic heterocycles. The highest BCUT2D eigenvalue weighted by Gasteiger charge is 2.28. The first-order chi connectivity index (χ1) is 19.7. The Hall–Kier alpha value is -3.40. The summed E-state index contributed by atoms with van der Waals surface area (Å²) >= 11 is 21.7. The number of benzene rings is 3. The highest BCUT2D eigenvalue weighted by Crippen LogP contribution is 2.40. The van der Waals surface area contributed by atoms with E-state index in [9.17, 15) is 9.59 Å². The van der Waals surface area contributed by atoms with Crippen molar-refractivity contribution in [3.8, 4) is 11.5 Å². The van der Waals surface area contributed by atoms with Crippen molar-refractivity contribution in [1.29, 1.82) is 0 Å². The van der Waals surface area contributed by atoms with Gasteiger partial charge in [-0.2, -0.15) is 0 Å². The Morgan fingerprint density at radius 2 is 1.71 bits per heavy atom. The number of halogens is 3. The lowest BCUT2D eigenvalue weighted by Gasteiger charge is -2.11. The third-order valence-corrected chi connectivity index (χ3v) is 9.67. The number of ether oxygens (including phenoxy) is 3. The molecule has 0 amide bonds. The number of esters is 2. The van der Waals surface area contributed by atoms with Gasteiger partial charge < -0.3 is 14.2 Å². The van der Waals surface area contributed by atoms with Gasteiger partial charge in [0.2, 0.25) is 5.90 Å². The lowest BCUT2D eigenvalue weighted by molar-refractivity contribution is -0.129. The highest BCUT2D eigenvalue weighted by atomic mass is 35.5. The highest BCUT2D eigenvalue weighted by molar-refractivity contribution is 7.22. The van der Waals surface area contributed by atoms with E-state index in [1.807, 2.05) is 32.0 Å². The zero-order valence-corrected chi connectivity index (χ0v) is 25.3. The third-order valence-electron chi connectivity index (χ3n) is 6.15. The predicted octanol–water partition coefficient (Wildman–Crippen LogP) is 9.35. The molecule has 2 aromatic heterocycles. The third kappa shape index (κ3) is 5.34. The van der Waals surface area contributed by atoms with Crippen molar-refractivity contribution in [3.05, 3.63) is 96.2 Å². The topological polar surface area (TPSA) is 74.2 Å². The van der Waals surface area contributed by atoms with E-state index in [-0.39, 0.29) is 22.2 Å². The second-order valence-electron chi connectivity index (χ2n) is 9.00. The fourth-order valence-electron chi connectivity index (χ4n) is 4.26. The molecule has 0 N–H and O–H groups in total. The zero-order chi connectivity index (χ0) is 28.8. The van der Waals surface area contributed by atoms with E-state index in [4.69, 9.17) is 49.0 Å². The van der Waals surface area contributed by atoms with Crippen LogP contribution in [0.2, 0.25) is 15.1 Å². The molecule has 0 aliphatic carbocycles. The van der Waals surface area contributed by atoms with Gasteiger partial charge >= 0.3 is 11.9 Å². The molecule has 5 aromatic rings. The fraction of sp³-hybridized carbons (Fsp3) is 0.100. The van der Waals surface area contributed by atoms with Crippen molar-refractivity contribution in [3.63, 3.8) is 0 Å². The lowest BCUT2D eigenvalue weighted by atomic mass is 10.1. The number of hydrogen-bond donors (Lipinski definition) is 0. The van der Waals surface area contributed by atoms with Gasteiger partial charge in [-0.25, -0.2) is 14.6 Å². The minimum Gasteiger partial charge on any atom is -0.490 e. The summed E-state index contributed by atoms with van der Waals surface area (Å²) in [5.41, 5.74) is 1.80. The van der Waals surface area contributed by atoms with E-state index in [1.54, 1.807) is 42.5 Å². The van der Waals surface area contributed by atoms with Gasteiger partial charge in [0.25, 0.3) is 0 Å². The average Bonchev–Trinajstić information content (AvgIpc) is 3.57. The second kappa shape index (κ2) is 11.1. The Bertz CT molecular complexity index is 1960. The van der Waals surface area contributed by atoms with Gasteiger partial charge in [0.1, 0.15) is 9.75 Å². The van der Waals surface area contributed by atoms with E-state index in [2.05, 4.69) is 4.99 Å². The molecule has 0 saturated heterocycles. The van der Waals surface area contributed by atoms with Crippen molar-refractivity contribution >= 4 is 102 Å². The number of aryl methyl sites for hydroxylation is 1. The van der Waals surface area contributed by atoms with Gasteiger partial charge in [-0.15, -0.1) is 22.7 Å². The number of fused-ring (bicyclic) bond motifs is 2. The van der Waals surface area contributed by atoms with Crippen molar-refractivity contribution in [2.24, 2.45) is 4.99 Å². The van der Waals surface area contributed by atoms with Gasteiger partial charge in [-0.05, 0) is 61.4 Å². The summed E-state index contributed by atoms with van der Waals surface area (Å²) < 4.78 is 18.6. The summed E-state index contributed by atoms with van der Waals surface area (Å²) in [5.74, 6) is -0.548. The van der Waals surface area contributed by atoms with Crippen LogP contribution in [0.4, 0.5) is 0 Å². The summed E-state index contributed by atoms with van der Waals surface area (Å²) in [6.45, 7) is 4.13. The smallest absolute Gasteiger partial charge is 0.363 e. The molecule has 41 heavy (non-hydrogen) atoms. The molecule has 6 rings (SSSR count). The molecule has 6 nitrogen and oxygen atoms in total. The van der Waals surface area contributed by atoms with Gasteiger partial charge in [-0.3, -0.25) is 0 Å². The molecule has 0 radical (unpaired) electrons. The molecular weight excluding hydrogens is 625 g/mol. The molecule has 0 spiro atoms. The summed E-state index contributed by atoms with van der Waals surface area (Å²) in [6.07, 6.45) is 1.57. The molecule has 11 heteroatoms. The molecule has 1 aliphatic rings. The molecule has 0 atom stereocenters. The van der Waals surface area contributed by atoms with Crippen LogP contribution in [0.5, 0.6) is 11.5 Å². The molecule has 0 unspecified atom stereocenters. The molecule has 3 heterocycles. The Morgan fingerprint density at radius 1 is 0.951 bits per heavy atom. The molecule has 206 valence electrons. The maximum atomic E-state index is 13.0. The van der Waals surface area contributed by atoms with Crippen LogP contribution in [0.3, 0.4) is 0 Å². The molecular formula is C30H18Cl3NO5S2. The van der Waals surface area contributed by atoms with Crippen LogP contribution in [-0.4, -0.2) is 24.4 Å². The van der Waals surface area contributed by atoms with Gasteiger partial charge in [0.05, 0.1) is 16.7 Å². The number of carbonyl (C=O) groups excluding carboxylic acids is 2. The summed E-state index contributed by atoms with van der Waals surface area (Å²) in [6, 6.07) is 16.1. The van der Waals surface area contributed by atoms with Crippen LogP contribution in [0.25, 0.3) is 26.2 Å². The number of rotatable bonds is 6. The first-order valence-electron chi connectivity index (χ1n) is 12.3. The lowest BCUT2D eigenvalue weighted by Crippen LogP contribution is -2.08. The molecule has 0 saturated carbocycles. The Labute approximate surface area is 257 Å². The van der Waals surface area contributed by atoms with Crippen molar-refractivity contribution in [2.75, 3.05) is 6.61 Å². The minimum absolute atomic E-state index is 0.104. The van der Waals surface area contributed by atoms with E-state index in [0.29, 0.717) is 37.9 Å². The number of nitrogens with zero attached hydrogens (tertiary/aromatic N) is 1. The second-order valence-corrected chi connectivity index (χ2v) is 12.3. The van der Waals surface area contributed by atoms with Crippen LogP contribution < -0.4 is 9.47 Å². The van der Waals surface area contributed by atoms with Crippen LogP contribution in [0.15, 0.2) is 65.3 Å². The first kappa shape index (κ1) is 27.8. The number of cyclic esters (lactones) is 1. The summed E-state index contributed by atoms with van der Waals surface area (Å²) in [5, 5.41) is 2.93. The van der Waals surface area contributed by atoms with E-state index < -0.39 is 11.9 Å². The maximum absolute atomic E-state index is 13.0. The Kier molecular flexibility index (Phi) is 7.52. The molecule has 0 fully saturated rings. The van der Waals surface area contributed by atoms with E-state index >= 15 is 0 Å². The fourth-order valence-corrected chi connectivity index (χ4v) is 7.45. The normalized spacial score (nSPS) is 14.1. The summed E-state index contributed by atoms with van der Waals surface area (Å²) in [4.78, 5) is 31.0. The van der Waals surface area contributed by atoms with Crippen LogP contribution in [-0.2, 0) is 9.53 Å². The van der Waals surface area contributed by atoms with Gasteiger partial charge in [-0.1, -0.05) is 59.1 Å². The summed E-state index contributed by atoms with van der Waals surface area (Å²) in [7, 11) is 0. The van der Waals surface area contributed by atoms with Gasteiger partial charge in [0, 0.05) is 25.2 Å². The number of hydrogen-bond acceptors (Lipinski definition) is 8. The minimum atomic E-state index is -0.622. The standard InChI is InChI=1S/C30H18Cl3NO5S2/c1-3-37-21-12-15(5-9-20(21)38-30(36)27-25(33)18-8-6-16(31)13-23(18)41-27)11-19-29(35)39-28(34-19)26-24(32)17-7-4-14(2)10-22(17)40-26/h4-13H,3H2,1-2H3/b19-11+. The quantitative estimate of drug-likeness (QED) is 0.105. The van der Waals surface area contributed by atoms with Crippen LogP contribution in [0.1, 0.15) is 32.6 Å². The average molecular weight is 643 g/mol.